The number of para-hydroxylation sites is 1. The van der Waals surface area contributed by atoms with Crippen molar-refractivity contribution >= 4 is 11.7 Å². The molecule has 0 fully saturated rings. The van der Waals surface area contributed by atoms with Crippen LogP contribution in [0.15, 0.2) is 42.5 Å². The van der Waals surface area contributed by atoms with Crippen molar-refractivity contribution in [2.24, 2.45) is 0 Å². The van der Waals surface area contributed by atoms with Gasteiger partial charge in [-0.15, -0.1) is 0 Å². The minimum atomic E-state index is -0.770. The standard InChI is InChI=1S/C14H10FNO4/c1-9-8-10(6-7-12(9)16(18)19)14(17)20-13-5-3-2-4-11(13)15/h2-8H,1H3. The van der Waals surface area contributed by atoms with Crippen LogP contribution in [0.4, 0.5) is 10.1 Å². The molecule has 0 radical (unpaired) electrons. The molecule has 6 heteroatoms. The molecule has 0 heterocycles. The lowest BCUT2D eigenvalue weighted by molar-refractivity contribution is -0.385. The topological polar surface area (TPSA) is 69.4 Å². The van der Waals surface area contributed by atoms with Gasteiger partial charge in [0.15, 0.2) is 11.6 Å². The number of carbonyl (C=O) groups is 1. The third-order valence-corrected chi connectivity index (χ3v) is 2.67. The zero-order valence-electron chi connectivity index (χ0n) is 10.5. The molecule has 0 aliphatic rings. The number of benzene rings is 2. The maximum Gasteiger partial charge on any atom is 0.343 e. The summed E-state index contributed by atoms with van der Waals surface area (Å²) in [6, 6.07) is 9.33. The van der Waals surface area contributed by atoms with E-state index >= 15 is 0 Å². The molecule has 0 unspecified atom stereocenters. The molecule has 0 N–H and O–H groups in total. The number of rotatable bonds is 3. The average molecular weight is 275 g/mol. The number of hydrogen-bond donors (Lipinski definition) is 0. The van der Waals surface area contributed by atoms with Crippen molar-refractivity contribution in [3.05, 3.63) is 69.5 Å². The second-order valence-electron chi connectivity index (χ2n) is 4.08. The molecule has 0 saturated carbocycles. The van der Waals surface area contributed by atoms with Crippen LogP contribution in [-0.2, 0) is 0 Å². The highest BCUT2D eigenvalue weighted by Crippen LogP contribution is 2.21. The van der Waals surface area contributed by atoms with E-state index in [9.17, 15) is 19.3 Å². The van der Waals surface area contributed by atoms with Crippen LogP contribution in [0.3, 0.4) is 0 Å². The van der Waals surface area contributed by atoms with E-state index in [4.69, 9.17) is 4.74 Å². The SMILES string of the molecule is Cc1cc(C(=O)Oc2ccccc2F)ccc1[N+](=O)[O-]. The molecular formula is C14H10FNO4. The van der Waals surface area contributed by atoms with Crippen molar-refractivity contribution in [3.8, 4) is 5.75 Å². The monoisotopic (exact) mass is 275 g/mol. The molecule has 0 atom stereocenters. The summed E-state index contributed by atoms with van der Waals surface area (Å²) < 4.78 is 18.3. The number of ether oxygens (including phenoxy) is 1. The van der Waals surface area contributed by atoms with Gasteiger partial charge in [-0.3, -0.25) is 10.1 Å². The summed E-state index contributed by atoms with van der Waals surface area (Å²) in [4.78, 5) is 22.0. The van der Waals surface area contributed by atoms with Crippen molar-refractivity contribution in [3.63, 3.8) is 0 Å². The van der Waals surface area contributed by atoms with Gasteiger partial charge in [0, 0.05) is 11.6 Å². The normalized spacial score (nSPS) is 10.1. The average Bonchev–Trinajstić information content (AvgIpc) is 2.40. The minimum Gasteiger partial charge on any atom is -0.420 e. The second kappa shape index (κ2) is 5.48. The highest BCUT2D eigenvalue weighted by Gasteiger charge is 2.16. The van der Waals surface area contributed by atoms with Crippen LogP contribution < -0.4 is 4.74 Å². The van der Waals surface area contributed by atoms with Crippen LogP contribution in [0.5, 0.6) is 5.75 Å². The largest absolute Gasteiger partial charge is 0.420 e. The Balaban J connectivity index is 2.24. The number of aryl methyl sites for hydroxylation is 1. The molecule has 2 rings (SSSR count). The van der Waals surface area contributed by atoms with Gasteiger partial charge in [-0.25, -0.2) is 9.18 Å². The van der Waals surface area contributed by atoms with E-state index in [0.717, 1.165) is 0 Å². The van der Waals surface area contributed by atoms with Gasteiger partial charge in [0.2, 0.25) is 0 Å². The molecule has 0 spiro atoms. The van der Waals surface area contributed by atoms with Gasteiger partial charge in [-0.2, -0.15) is 0 Å². The predicted octanol–water partition coefficient (Wildman–Crippen LogP) is 3.26. The van der Waals surface area contributed by atoms with Gasteiger partial charge < -0.3 is 4.74 Å². The molecule has 0 aliphatic heterocycles. The number of nitrogens with zero attached hydrogens (tertiary/aromatic N) is 1. The maximum atomic E-state index is 13.3. The highest BCUT2D eigenvalue weighted by molar-refractivity contribution is 5.91. The van der Waals surface area contributed by atoms with Crippen LogP contribution in [-0.4, -0.2) is 10.9 Å². The third kappa shape index (κ3) is 2.80. The predicted molar refractivity (Wildman–Crippen MR) is 69.2 cm³/mol. The van der Waals surface area contributed by atoms with Crippen molar-refractivity contribution in [1.82, 2.24) is 0 Å². The van der Waals surface area contributed by atoms with Crippen LogP contribution >= 0.6 is 0 Å². The minimum absolute atomic E-state index is 0.0903. The Morgan fingerprint density at radius 1 is 1.25 bits per heavy atom. The first kappa shape index (κ1) is 13.7. The summed E-state index contributed by atoms with van der Waals surface area (Å²) >= 11 is 0. The first-order valence-electron chi connectivity index (χ1n) is 5.71. The molecule has 5 nitrogen and oxygen atoms in total. The summed E-state index contributed by atoms with van der Waals surface area (Å²) in [5.41, 5.74) is 0.363. The number of esters is 1. The Kier molecular flexibility index (Phi) is 3.74. The number of hydrogen-bond acceptors (Lipinski definition) is 4. The van der Waals surface area contributed by atoms with Crippen molar-refractivity contribution in [1.29, 1.82) is 0 Å². The van der Waals surface area contributed by atoms with E-state index < -0.39 is 16.7 Å². The van der Waals surface area contributed by atoms with Crippen LogP contribution in [0.1, 0.15) is 15.9 Å². The summed E-state index contributed by atoms with van der Waals surface area (Å²) in [5.74, 6) is -1.61. The zero-order valence-corrected chi connectivity index (χ0v) is 10.5. The zero-order chi connectivity index (χ0) is 14.7. The lowest BCUT2D eigenvalue weighted by Crippen LogP contribution is -2.10. The molecule has 20 heavy (non-hydrogen) atoms. The van der Waals surface area contributed by atoms with Crippen LogP contribution in [0.25, 0.3) is 0 Å². The summed E-state index contributed by atoms with van der Waals surface area (Å²) in [5, 5.41) is 10.7. The quantitative estimate of drug-likeness (QED) is 0.373. The number of nitro benzene ring substituents is 1. The van der Waals surface area contributed by atoms with E-state index in [-0.39, 0.29) is 17.0 Å². The number of nitro groups is 1. The molecule has 102 valence electrons. The summed E-state index contributed by atoms with van der Waals surface area (Å²) in [7, 11) is 0. The van der Waals surface area contributed by atoms with Gasteiger partial charge in [0.05, 0.1) is 10.5 Å². The van der Waals surface area contributed by atoms with Gasteiger partial charge in [-0.1, -0.05) is 12.1 Å². The number of carbonyl (C=O) groups excluding carboxylic acids is 1. The molecule has 2 aromatic carbocycles. The fourth-order valence-electron chi connectivity index (χ4n) is 1.67. The van der Waals surface area contributed by atoms with Gasteiger partial charge >= 0.3 is 5.97 Å². The highest BCUT2D eigenvalue weighted by atomic mass is 19.1. The lowest BCUT2D eigenvalue weighted by Gasteiger charge is -2.06. The fraction of sp³-hybridized carbons (Fsp3) is 0.0714. The van der Waals surface area contributed by atoms with E-state index in [2.05, 4.69) is 0 Å². The maximum absolute atomic E-state index is 13.3. The first-order chi connectivity index (χ1) is 9.49. The van der Waals surface area contributed by atoms with Gasteiger partial charge in [-0.05, 0) is 31.2 Å². The second-order valence-corrected chi connectivity index (χ2v) is 4.08. The van der Waals surface area contributed by atoms with Crippen LogP contribution in [0, 0.1) is 22.9 Å². The fourth-order valence-corrected chi connectivity index (χ4v) is 1.67. The first-order valence-corrected chi connectivity index (χ1v) is 5.71. The van der Waals surface area contributed by atoms with Crippen molar-refractivity contribution in [2.45, 2.75) is 6.92 Å². The Morgan fingerprint density at radius 3 is 2.55 bits per heavy atom. The van der Waals surface area contributed by atoms with Crippen molar-refractivity contribution in [2.75, 3.05) is 0 Å². The Bertz CT molecular complexity index is 685. The third-order valence-electron chi connectivity index (χ3n) is 2.67. The molecule has 0 bridgehead atoms. The molecule has 0 amide bonds. The molecule has 0 aliphatic carbocycles. The van der Waals surface area contributed by atoms with Gasteiger partial charge in [0.25, 0.3) is 5.69 Å². The molecule has 0 saturated heterocycles. The summed E-state index contributed by atoms with van der Waals surface area (Å²) in [6.45, 7) is 1.51. The molecule has 0 aromatic heterocycles. The smallest absolute Gasteiger partial charge is 0.343 e. The Morgan fingerprint density at radius 2 is 1.95 bits per heavy atom. The number of halogens is 1. The Hall–Kier alpha value is -2.76. The van der Waals surface area contributed by atoms with E-state index in [0.29, 0.717) is 5.56 Å². The lowest BCUT2D eigenvalue weighted by atomic mass is 10.1. The van der Waals surface area contributed by atoms with E-state index in [1.165, 1.54) is 49.4 Å². The van der Waals surface area contributed by atoms with Gasteiger partial charge in [0.1, 0.15) is 0 Å². The summed E-state index contributed by atoms with van der Waals surface area (Å²) in [6.07, 6.45) is 0. The molecule has 2 aromatic rings. The molecular weight excluding hydrogens is 265 g/mol. The van der Waals surface area contributed by atoms with E-state index in [1.54, 1.807) is 0 Å². The van der Waals surface area contributed by atoms with Crippen molar-refractivity contribution < 1.29 is 18.8 Å². The van der Waals surface area contributed by atoms with Crippen LogP contribution in [0.2, 0.25) is 0 Å². The van der Waals surface area contributed by atoms with E-state index in [1.807, 2.05) is 0 Å². The Labute approximate surface area is 113 Å².